The van der Waals surface area contributed by atoms with E-state index in [1.807, 2.05) is 24.3 Å². The minimum atomic E-state index is -0.177. The Balaban J connectivity index is 2.01. The van der Waals surface area contributed by atoms with Crippen LogP contribution in [0.15, 0.2) is 47.3 Å². The Bertz CT molecular complexity index is 477. The minimum Gasteiger partial charge on any atom is -0.472 e. The van der Waals surface area contributed by atoms with Gasteiger partial charge in [0, 0.05) is 11.6 Å². The molecule has 17 heavy (non-hydrogen) atoms. The third-order valence-electron chi connectivity index (χ3n) is 2.38. The van der Waals surface area contributed by atoms with E-state index in [0.29, 0.717) is 11.4 Å². The maximum Gasteiger partial charge on any atom is 0.258 e. The molecule has 0 radical (unpaired) electrons. The summed E-state index contributed by atoms with van der Waals surface area (Å²) in [5, 5.41) is 2.78. The largest absolute Gasteiger partial charge is 0.472 e. The number of hydrogen-bond acceptors (Lipinski definition) is 2. The van der Waals surface area contributed by atoms with Crippen LogP contribution >= 0.6 is 11.6 Å². The predicted molar refractivity (Wildman–Crippen MR) is 67.5 cm³/mol. The number of carbonyl (C=O) groups excluding carboxylic acids is 1. The molecule has 0 saturated carbocycles. The van der Waals surface area contributed by atoms with Gasteiger partial charge in [0.2, 0.25) is 0 Å². The first-order valence-electron chi connectivity index (χ1n) is 5.28. The number of nitrogens with one attached hydrogen (secondary N) is 1. The first kappa shape index (κ1) is 11.7. The van der Waals surface area contributed by atoms with Crippen molar-refractivity contribution in [1.82, 2.24) is 0 Å². The highest BCUT2D eigenvalue weighted by atomic mass is 35.5. The molecule has 0 aliphatic rings. The highest BCUT2D eigenvalue weighted by Gasteiger charge is 2.06. The van der Waals surface area contributed by atoms with Crippen molar-refractivity contribution in [2.75, 3.05) is 11.2 Å². The summed E-state index contributed by atoms with van der Waals surface area (Å²) in [6.07, 6.45) is 3.72. The van der Waals surface area contributed by atoms with E-state index in [-0.39, 0.29) is 5.91 Å². The number of benzene rings is 1. The maximum absolute atomic E-state index is 11.7. The summed E-state index contributed by atoms with van der Waals surface area (Å²) >= 11 is 5.65. The van der Waals surface area contributed by atoms with Crippen LogP contribution in [0.2, 0.25) is 0 Å². The normalized spacial score (nSPS) is 10.2. The van der Waals surface area contributed by atoms with Gasteiger partial charge < -0.3 is 9.73 Å². The summed E-state index contributed by atoms with van der Waals surface area (Å²) in [6.45, 7) is 0. The molecular formula is C13H12ClNO2. The fourth-order valence-corrected chi connectivity index (χ4v) is 1.68. The van der Waals surface area contributed by atoms with Crippen molar-refractivity contribution in [3.63, 3.8) is 0 Å². The fraction of sp³-hybridized carbons (Fsp3) is 0.154. The van der Waals surface area contributed by atoms with E-state index in [4.69, 9.17) is 16.0 Å². The Labute approximate surface area is 104 Å². The van der Waals surface area contributed by atoms with Crippen LogP contribution in [0.3, 0.4) is 0 Å². The molecule has 1 N–H and O–H groups in total. The number of halogens is 1. The fourth-order valence-electron chi connectivity index (χ4n) is 1.46. The Kier molecular flexibility index (Phi) is 3.83. The molecule has 1 heterocycles. The number of rotatable bonds is 4. The van der Waals surface area contributed by atoms with Crippen LogP contribution < -0.4 is 5.32 Å². The lowest BCUT2D eigenvalue weighted by Gasteiger charge is -2.04. The number of amides is 1. The molecule has 0 aliphatic heterocycles. The molecule has 0 spiro atoms. The second kappa shape index (κ2) is 5.55. The average Bonchev–Trinajstić information content (AvgIpc) is 2.86. The van der Waals surface area contributed by atoms with Crippen molar-refractivity contribution in [2.24, 2.45) is 0 Å². The lowest BCUT2D eigenvalue weighted by Crippen LogP contribution is -2.10. The summed E-state index contributed by atoms with van der Waals surface area (Å²) < 4.78 is 4.85. The minimum absolute atomic E-state index is 0.177. The zero-order chi connectivity index (χ0) is 12.1. The molecule has 1 aromatic carbocycles. The Morgan fingerprint density at radius 3 is 2.59 bits per heavy atom. The van der Waals surface area contributed by atoms with Crippen molar-refractivity contribution in [3.8, 4) is 0 Å². The first-order chi connectivity index (χ1) is 8.29. The van der Waals surface area contributed by atoms with E-state index < -0.39 is 0 Å². The van der Waals surface area contributed by atoms with Crippen LogP contribution in [-0.4, -0.2) is 11.8 Å². The third kappa shape index (κ3) is 3.11. The SMILES string of the molecule is O=C(Nc1ccc(CCCl)cc1)c1ccoc1. The lowest BCUT2D eigenvalue weighted by molar-refractivity contribution is 0.102. The quantitative estimate of drug-likeness (QED) is 0.845. The molecule has 4 heteroatoms. The monoisotopic (exact) mass is 249 g/mol. The van der Waals surface area contributed by atoms with Crippen molar-refractivity contribution in [3.05, 3.63) is 54.0 Å². The Morgan fingerprint density at radius 2 is 2.00 bits per heavy atom. The van der Waals surface area contributed by atoms with Crippen LogP contribution in [0.25, 0.3) is 0 Å². The molecule has 0 saturated heterocycles. The molecule has 0 atom stereocenters. The molecule has 2 rings (SSSR count). The van der Waals surface area contributed by atoms with Crippen molar-refractivity contribution < 1.29 is 9.21 Å². The number of furan rings is 1. The summed E-state index contributed by atoms with van der Waals surface area (Å²) in [5.41, 5.74) is 2.42. The number of aryl methyl sites for hydroxylation is 1. The first-order valence-corrected chi connectivity index (χ1v) is 5.81. The summed E-state index contributed by atoms with van der Waals surface area (Å²) in [6, 6.07) is 9.25. The van der Waals surface area contributed by atoms with E-state index >= 15 is 0 Å². The van der Waals surface area contributed by atoms with Crippen LogP contribution in [0.5, 0.6) is 0 Å². The van der Waals surface area contributed by atoms with Crippen LogP contribution in [0.4, 0.5) is 5.69 Å². The van der Waals surface area contributed by atoms with Crippen molar-refractivity contribution in [1.29, 1.82) is 0 Å². The topological polar surface area (TPSA) is 42.2 Å². The van der Waals surface area contributed by atoms with Gasteiger partial charge in [0.15, 0.2) is 0 Å². The highest BCUT2D eigenvalue weighted by Crippen LogP contribution is 2.12. The summed E-state index contributed by atoms with van der Waals surface area (Å²) in [5.74, 6) is 0.421. The Morgan fingerprint density at radius 1 is 1.24 bits per heavy atom. The van der Waals surface area contributed by atoms with Gasteiger partial charge in [0.1, 0.15) is 6.26 Å². The molecule has 0 fully saturated rings. The molecule has 3 nitrogen and oxygen atoms in total. The van der Waals surface area contributed by atoms with Crippen LogP contribution in [0, 0.1) is 0 Å². The summed E-state index contributed by atoms with van der Waals surface area (Å²) in [4.78, 5) is 11.7. The van der Waals surface area contributed by atoms with Gasteiger partial charge >= 0.3 is 0 Å². The molecule has 1 aromatic heterocycles. The van der Waals surface area contributed by atoms with Crippen LogP contribution in [0.1, 0.15) is 15.9 Å². The predicted octanol–water partition coefficient (Wildman–Crippen LogP) is 3.31. The third-order valence-corrected chi connectivity index (χ3v) is 2.57. The van der Waals surface area contributed by atoms with Crippen LogP contribution in [-0.2, 0) is 6.42 Å². The standard InChI is InChI=1S/C13H12ClNO2/c14-7-5-10-1-3-12(4-2-10)15-13(16)11-6-8-17-9-11/h1-4,6,8-9H,5,7H2,(H,15,16). The van der Waals surface area contributed by atoms with Gasteiger partial charge in [-0.3, -0.25) is 4.79 Å². The van der Waals surface area contributed by atoms with Gasteiger partial charge in [0.05, 0.1) is 11.8 Å². The van der Waals surface area contributed by atoms with E-state index in [1.54, 1.807) is 6.07 Å². The second-order valence-electron chi connectivity index (χ2n) is 3.60. The van der Waals surface area contributed by atoms with Gasteiger partial charge in [-0.25, -0.2) is 0 Å². The van der Waals surface area contributed by atoms with E-state index in [1.165, 1.54) is 12.5 Å². The number of alkyl halides is 1. The second-order valence-corrected chi connectivity index (χ2v) is 3.98. The highest BCUT2D eigenvalue weighted by molar-refractivity contribution is 6.18. The molecule has 0 bridgehead atoms. The number of anilines is 1. The molecule has 2 aromatic rings. The smallest absolute Gasteiger partial charge is 0.258 e. The van der Waals surface area contributed by atoms with Crippen molar-refractivity contribution in [2.45, 2.75) is 6.42 Å². The summed E-state index contributed by atoms with van der Waals surface area (Å²) in [7, 11) is 0. The van der Waals surface area contributed by atoms with Gasteiger partial charge in [-0.05, 0) is 30.2 Å². The molecule has 0 unspecified atom stereocenters. The Hall–Kier alpha value is -1.74. The lowest BCUT2D eigenvalue weighted by atomic mass is 10.1. The molecule has 0 aliphatic carbocycles. The maximum atomic E-state index is 11.7. The molecule has 88 valence electrons. The zero-order valence-corrected chi connectivity index (χ0v) is 9.91. The van der Waals surface area contributed by atoms with E-state index in [0.717, 1.165) is 17.7 Å². The molecular weight excluding hydrogens is 238 g/mol. The van der Waals surface area contributed by atoms with Gasteiger partial charge in [0.25, 0.3) is 5.91 Å². The van der Waals surface area contributed by atoms with Gasteiger partial charge in [-0.15, -0.1) is 11.6 Å². The molecule has 1 amide bonds. The van der Waals surface area contributed by atoms with E-state index in [9.17, 15) is 4.79 Å². The zero-order valence-electron chi connectivity index (χ0n) is 9.15. The average molecular weight is 250 g/mol. The number of carbonyl (C=O) groups is 1. The van der Waals surface area contributed by atoms with E-state index in [2.05, 4.69) is 5.32 Å². The van der Waals surface area contributed by atoms with Gasteiger partial charge in [-0.2, -0.15) is 0 Å². The van der Waals surface area contributed by atoms with Gasteiger partial charge in [-0.1, -0.05) is 12.1 Å². The van der Waals surface area contributed by atoms with Crippen molar-refractivity contribution >= 4 is 23.2 Å². The number of hydrogen-bond donors (Lipinski definition) is 1.